The summed E-state index contributed by atoms with van der Waals surface area (Å²) in [5.41, 5.74) is 0.391. The Bertz CT molecular complexity index is 642. The maximum absolute atomic E-state index is 12.6. The number of halogens is 4. The Morgan fingerprint density at radius 3 is 2.32 bits per heavy atom. The van der Waals surface area contributed by atoms with E-state index >= 15 is 0 Å². The normalized spacial score (nSPS) is 22.1. The number of hydrogen-bond acceptors (Lipinski definition) is 1. The molecule has 0 atom stereocenters. The number of nitrogens with zero attached hydrogens (tertiary/aromatic N) is 1. The molecule has 25 heavy (non-hydrogen) atoms. The minimum Gasteiger partial charge on any atom is -0.195 e. The molecule has 0 spiro atoms. The van der Waals surface area contributed by atoms with Gasteiger partial charge in [0.2, 0.25) is 0 Å². The van der Waals surface area contributed by atoms with E-state index in [1.54, 1.807) is 18.2 Å². The largest absolute Gasteiger partial charge is 0.416 e. The molecule has 0 bridgehead atoms. The minimum atomic E-state index is -4.28. The summed E-state index contributed by atoms with van der Waals surface area (Å²) in [7, 11) is 0. The zero-order chi connectivity index (χ0) is 18.3. The van der Waals surface area contributed by atoms with Crippen molar-refractivity contribution in [2.24, 2.45) is 5.92 Å². The van der Waals surface area contributed by atoms with E-state index in [9.17, 15) is 17.6 Å². The molecule has 1 aromatic rings. The highest BCUT2D eigenvalue weighted by Crippen LogP contribution is 2.38. The summed E-state index contributed by atoms with van der Waals surface area (Å²) >= 11 is 0. The van der Waals surface area contributed by atoms with Crippen LogP contribution in [0.2, 0.25) is 0 Å². The fraction of sp³-hybridized carbons (Fsp3) is 0.450. The average Bonchev–Trinajstić information content (AvgIpc) is 2.61. The number of hydrogen-bond donors (Lipinski definition) is 0. The van der Waals surface area contributed by atoms with E-state index < -0.39 is 17.6 Å². The molecule has 0 saturated heterocycles. The van der Waals surface area contributed by atoms with Crippen LogP contribution < -0.4 is 0 Å². The first-order chi connectivity index (χ1) is 11.9. The van der Waals surface area contributed by atoms with E-state index in [4.69, 9.17) is 5.26 Å². The number of rotatable bonds is 5. The second kappa shape index (κ2) is 8.84. The maximum atomic E-state index is 12.6. The van der Waals surface area contributed by atoms with E-state index in [2.05, 4.69) is 0 Å². The van der Waals surface area contributed by atoms with Gasteiger partial charge in [0.1, 0.15) is 6.07 Å². The second-order valence-electron chi connectivity index (χ2n) is 6.47. The fourth-order valence-corrected chi connectivity index (χ4v) is 3.35. The Kier molecular flexibility index (Phi) is 6.81. The highest BCUT2D eigenvalue weighted by atomic mass is 19.4. The van der Waals surface area contributed by atoms with Crippen LogP contribution in [0.25, 0.3) is 0 Å². The molecule has 1 aliphatic rings. The van der Waals surface area contributed by atoms with Crippen molar-refractivity contribution in [1.29, 1.82) is 5.26 Å². The van der Waals surface area contributed by atoms with Crippen molar-refractivity contribution in [2.75, 3.05) is 0 Å². The lowest BCUT2D eigenvalue weighted by atomic mass is 9.77. The first-order valence-electron chi connectivity index (χ1n) is 8.49. The molecular weight excluding hydrogens is 330 g/mol. The average molecular weight is 351 g/mol. The van der Waals surface area contributed by atoms with Gasteiger partial charge in [-0.25, -0.2) is 0 Å². The van der Waals surface area contributed by atoms with Crippen LogP contribution >= 0.6 is 0 Å². The third-order valence-electron chi connectivity index (χ3n) is 4.78. The topological polar surface area (TPSA) is 23.8 Å². The quantitative estimate of drug-likeness (QED) is 0.329. The van der Waals surface area contributed by atoms with E-state index in [0.717, 1.165) is 50.2 Å². The predicted octanol–water partition coefficient (Wildman–Crippen LogP) is 6.69. The van der Waals surface area contributed by atoms with Crippen LogP contribution in [0.1, 0.15) is 55.6 Å². The highest BCUT2D eigenvalue weighted by Gasteiger charge is 2.30. The van der Waals surface area contributed by atoms with E-state index in [1.807, 2.05) is 6.08 Å². The van der Waals surface area contributed by atoms with Gasteiger partial charge in [0.05, 0.1) is 5.56 Å². The smallest absolute Gasteiger partial charge is 0.195 e. The van der Waals surface area contributed by atoms with Crippen molar-refractivity contribution in [2.45, 2.75) is 50.6 Å². The van der Waals surface area contributed by atoms with Gasteiger partial charge in [0.25, 0.3) is 0 Å². The molecule has 0 unspecified atom stereocenters. The van der Waals surface area contributed by atoms with Gasteiger partial charge in [-0.1, -0.05) is 24.3 Å². The molecule has 1 aromatic carbocycles. The summed E-state index contributed by atoms with van der Waals surface area (Å²) in [6.45, 7) is 0. The molecule has 1 saturated carbocycles. The number of allylic oxidation sites excluding steroid dienone is 4. The van der Waals surface area contributed by atoms with Crippen LogP contribution in [0, 0.1) is 17.2 Å². The molecule has 0 aliphatic heterocycles. The third kappa shape index (κ3) is 6.04. The van der Waals surface area contributed by atoms with Crippen molar-refractivity contribution in [3.8, 4) is 6.07 Å². The molecule has 0 amide bonds. The molecule has 0 radical (unpaired) electrons. The summed E-state index contributed by atoms with van der Waals surface area (Å²) in [5, 5.41) is 8.29. The first kappa shape index (κ1) is 19.2. The Labute approximate surface area is 145 Å². The summed E-state index contributed by atoms with van der Waals surface area (Å²) < 4.78 is 50.4. The minimum absolute atomic E-state index is 0.335. The Balaban J connectivity index is 1.77. The van der Waals surface area contributed by atoms with Gasteiger partial charge >= 0.3 is 6.18 Å². The zero-order valence-corrected chi connectivity index (χ0v) is 13.9. The summed E-state index contributed by atoms with van der Waals surface area (Å²) in [6.07, 6.45) is 6.24. The second-order valence-corrected chi connectivity index (χ2v) is 6.47. The van der Waals surface area contributed by atoms with Crippen LogP contribution in [0.3, 0.4) is 0 Å². The molecule has 1 aliphatic carbocycles. The van der Waals surface area contributed by atoms with Gasteiger partial charge in [-0.15, -0.1) is 0 Å². The molecule has 5 heteroatoms. The Morgan fingerprint density at radius 2 is 1.76 bits per heavy atom. The standard InChI is InChI=1S/C20H21F4N/c21-19(14-25)5-3-1-2-4-15-6-8-16(9-7-15)17-10-12-18(13-11-17)20(22,23)24/h1,3,5,10-13,15-16H,2,4,6-9H2/b3-1+,19-5-/t15-,16-. The monoisotopic (exact) mass is 351 g/mol. The van der Waals surface area contributed by atoms with Gasteiger partial charge in [-0.2, -0.15) is 22.8 Å². The van der Waals surface area contributed by atoms with Crippen LogP contribution in [0.4, 0.5) is 17.6 Å². The Hall–Kier alpha value is -2.09. The zero-order valence-electron chi connectivity index (χ0n) is 13.9. The molecule has 134 valence electrons. The van der Waals surface area contributed by atoms with Crippen molar-refractivity contribution in [1.82, 2.24) is 0 Å². The van der Waals surface area contributed by atoms with Gasteiger partial charge in [0, 0.05) is 0 Å². The summed E-state index contributed by atoms with van der Waals surface area (Å²) in [4.78, 5) is 0. The third-order valence-corrected chi connectivity index (χ3v) is 4.78. The SMILES string of the molecule is N#C/C(F)=C/C=C/CC[C@H]1CC[C@H](c2ccc(C(F)(F)F)cc2)CC1. The van der Waals surface area contributed by atoms with E-state index in [0.29, 0.717) is 11.8 Å². The molecule has 0 aromatic heterocycles. The van der Waals surface area contributed by atoms with Crippen molar-refractivity contribution in [3.05, 3.63) is 59.4 Å². The highest BCUT2D eigenvalue weighted by molar-refractivity contribution is 5.27. The Morgan fingerprint density at radius 1 is 1.12 bits per heavy atom. The predicted molar refractivity (Wildman–Crippen MR) is 89.3 cm³/mol. The number of nitriles is 1. The van der Waals surface area contributed by atoms with Crippen LogP contribution in [-0.4, -0.2) is 0 Å². The maximum Gasteiger partial charge on any atom is 0.416 e. The van der Waals surface area contributed by atoms with Crippen LogP contribution in [0.15, 0.2) is 48.3 Å². The lowest BCUT2D eigenvalue weighted by Crippen LogP contribution is -2.13. The lowest BCUT2D eigenvalue weighted by Gasteiger charge is -2.28. The van der Waals surface area contributed by atoms with Gasteiger partial charge in [-0.3, -0.25) is 0 Å². The van der Waals surface area contributed by atoms with Crippen LogP contribution in [0.5, 0.6) is 0 Å². The number of benzene rings is 1. The fourth-order valence-electron chi connectivity index (χ4n) is 3.35. The van der Waals surface area contributed by atoms with Gasteiger partial charge in [-0.05, 0) is 74.1 Å². The summed E-state index contributed by atoms with van der Waals surface area (Å²) in [6, 6.07) is 6.96. The van der Waals surface area contributed by atoms with Crippen molar-refractivity contribution in [3.63, 3.8) is 0 Å². The molecule has 2 rings (SSSR count). The molecular formula is C20H21F4N. The number of alkyl halides is 3. The first-order valence-corrected chi connectivity index (χ1v) is 8.49. The molecule has 0 N–H and O–H groups in total. The van der Waals surface area contributed by atoms with Crippen molar-refractivity contribution < 1.29 is 17.6 Å². The van der Waals surface area contributed by atoms with E-state index in [-0.39, 0.29) is 0 Å². The van der Waals surface area contributed by atoms with Gasteiger partial charge < -0.3 is 0 Å². The van der Waals surface area contributed by atoms with Gasteiger partial charge in [0.15, 0.2) is 5.83 Å². The lowest BCUT2D eigenvalue weighted by molar-refractivity contribution is -0.137. The molecule has 1 fully saturated rings. The van der Waals surface area contributed by atoms with Crippen LogP contribution in [-0.2, 0) is 6.18 Å². The molecule has 0 heterocycles. The molecule has 1 nitrogen and oxygen atoms in total. The van der Waals surface area contributed by atoms with Crippen molar-refractivity contribution >= 4 is 0 Å². The summed E-state index contributed by atoms with van der Waals surface area (Å²) in [5.74, 6) is 0.134. The van der Waals surface area contributed by atoms with E-state index in [1.165, 1.54) is 18.2 Å².